The number of hydrogen-bond donors (Lipinski definition) is 0. The van der Waals surface area contributed by atoms with Crippen molar-refractivity contribution < 1.29 is 38.2 Å². The summed E-state index contributed by atoms with van der Waals surface area (Å²) in [4.78, 5) is 37.0. The van der Waals surface area contributed by atoms with Crippen LogP contribution in [0.1, 0.15) is 206 Å². The highest BCUT2D eigenvalue weighted by atomic mass is 16.6. The van der Waals surface area contributed by atoms with Crippen molar-refractivity contribution in [2.75, 3.05) is 41.0 Å². The molecular weight excluding hydrogens is 787 g/mol. The fourth-order valence-electron chi connectivity index (χ4n) is 7.15. The number of carbonyl (C=O) groups excluding carboxylic acids is 3. The lowest BCUT2D eigenvalue weighted by molar-refractivity contribution is -0.889. The number of hydrogen-bond acceptors (Lipinski definition) is 7. The van der Waals surface area contributed by atoms with Gasteiger partial charge in [0.05, 0.1) is 40.3 Å². The lowest BCUT2D eigenvalue weighted by Crippen LogP contribution is -2.55. The Morgan fingerprint density at radius 1 is 0.492 bits per heavy atom. The molecule has 0 heterocycles. The molecule has 2 atom stereocenters. The van der Waals surface area contributed by atoms with E-state index >= 15 is 0 Å². The number of aliphatic carboxylic acids is 1. The van der Waals surface area contributed by atoms with Crippen molar-refractivity contribution in [1.82, 2.24) is 0 Å². The van der Waals surface area contributed by atoms with Crippen LogP contribution in [0.2, 0.25) is 0 Å². The number of carboxylic acids is 1. The average Bonchev–Trinajstić information content (AvgIpc) is 3.24. The molecule has 0 aromatic heterocycles. The molecule has 0 aromatic carbocycles. The number of likely N-dealkylation sites (N-methyl/N-ethyl adjacent to an activating group) is 1. The summed E-state index contributed by atoms with van der Waals surface area (Å²) in [6, 6.07) is -0.734. The first-order valence-corrected chi connectivity index (χ1v) is 25.5. The van der Waals surface area contributed by atoms with E-state index in [0.29, 0.717) is 12.8 Å². The van der Waals surface area contributed by atoms with Crippen LogP contribution in [0.4, 0.5) is 0 Å². The number of rotatable bonds is 45. The summed E-state index contributed by atoms with van der Waals surface area (Å²) >= 11 is 0. The van der Waals surface area contributed by atoms with Gasteiger partial charge in [-0.1, -0.05) is 177 Å². The molecule has 0 saturated carbocycles. The Labute approximate surface area is 387 Å². The van der Waals surface area contributed by atoms with Crippen LogP contribution in [0.5, 0.6) is 0 Å². The number of quaternary nitrogens is 1. The van der Waals surface area contributed by atoms with Gasteiger partial charge >= 0.3 is 11.9 Å². The zero-order chi connectivity index (χ0) is 46.3. The molecular formula is C55H95NO7. The van der Waals surface area contributed by atoms with Gasteiger partial charge in [-0.2, -0.15) is 0 Å². The second-order valence-electron chi connectivity index (χ2n) is 18.0. The zero-order valence-electron chi connectivity index (χ0n) is 41.2. The summed E-state index contributed by atoms with van der Waals surface area (Å²) in [6.07, 6.45) is 57.8. The first-order chi connectivity index (χ1) is 30.6. The van der Waals surface area contributed by atoms with Crippen molar-refractivity contribution in [2.45, 2.75) is 219 Å². The van der Waals surface area contributed by atoms with Crippen LogP contribution in [-0.2, 0) is 28.6 Å². The summed E-state index contributed by atoms with van der Waals surface area (Å²) in [5.41, 5.74) is 0. The number of nitrogens with zero attached hydrogens (tertiary/aromatic N) is 1. The summed E-state index contributed by atoms with van der Waals surface area (Å²) in [7, 11) is 5.40. The highest BCUT2D eigenvalue weighted by molar-refractivity contribution is 5.70. The molecule has 362 valence electrons. The molecule has 0 fully saturated rings. The zero-order valence-corrected chi connectivity index (χ0v) is 41.2. The lowest BCUT2D eigenvalue weighted by atomic mass is 10.1. The van der Waals surface area contributed by atoms with Crippen molar-refractivity contribution in [2.24, 2.45) is 0 Å². The smallest absolute Gasteiger partial charge is 0.306 e. The van der Waals surface area contributed by atoms with E-state index in [1.165, 1.54) is 89.9 Å². The molecule has 0 radical (unpaired) electrons. The molecule has 0 N–H and O–H groups in total. The second kappa shape index (κ2) is 45.3. The summed E-state index contributed by atoms with van der Waals surface area (Å²) in [6.45, 7) is 4.52. The van der Waals surface area contributed by atoms with Crippen LogP contribution < -0.4 is 5.11 Å². The summed E-state index contributed by atoms with van der Waals surface area (Å²) < 4.78 is 17.2. The molecule has 0 aromatic rings. The third-order valence-electron chi connectivity index (χ3n) is 11.1. The Kier molecular flexibility index (Phi) is 43.0. The maximum atomic E-state index is 12.8. The molecule has 8 heteroatoms. The second-order valence-corrected chi connectivity index (χ2v) is 18.0. The van der Waals surface area contributed by atoms with E-state index in [1.807, 2.05) is 0 Å². The normalized spacial score (nSPS) is 13.5. The van der Waals surface area contributed by atoms with Crippen molar-refractivity contribution >= 4 is 17.9 Å². The fraction of sp³-hybridized carbons (Fsp3) is 0.727. The molecule has 0 aliphatic heterocycles. The SMILES string of the molecule is CC/C=C/C/C=C/C/C=C/C/C=C/C/C=C/CCCCCCC(=O)OCC(COCCC(C(=O)[O-])[N+](C)(C)C)OC(=O)CCCCCCCCC/C=C/CCCCCCCCCC. The van der Waals surface area contributed by atoms with Gasteiger partial charge in [0.15, 0.2) is 6.10 Å². The Morgan fingerprint density at radius 3 is 1.33 bits per heavy atom. The van der Waals surface area contributed by atoms with Crippen LogP contribution in [0.25, 0.3) is 0 Å². The van der Waals surface area contributed by atoms with Gasteiger partial charge in [0.1, 0.15) is 12.6 Å². The summed E-state index contributed by atoms with van der Waals surface area (Å²) in [5.74, 6) is -1.77. The predicted octanol–water partition coefficient (Wildman–Crippen LogP) is 13.4. The molecule has 2 unspecified atom stereocenters. The quantitative estimate of drug-likeness (QED) is 0.0260. The highest BCUT2D eigenvalue weighted by Gasteiger charge is 2.25. The topological polar surface area (TPSA) is 102 Å². The Balaban J connectivity index is 4.32. The van der Waals surface area contributed by atoms with Crippen LogP contribution in [0, 0.1) is 0 Å². The van der Waals surface area contributed by atoms with E-state index in [2.05, 4.69) is 86.8 Å². The monoisotopic (exact) mass is 882 g/mol. The van der Waals surface area contributed by atoms with E-state index < -0.39 is 18.1 Å². The number of carbonyl (C=O) groups is 3. The Bertz CT molecular complexity index is 1260. The van der Waals surface area contributed by atoms with Crippen LogP contribution in [0.15, 0.2) is 72.9 Å². The third-order valence-corrected chi connectivity index (χ3v) is 11.1. The predicted molar refractivity (Wildman–Crippen MR) is 263 cm³/mol. The van der Waals surface area contributed by atoms with E-state index in [0.717, 1.165) is 83.5 Å². The molecule has 0 saturated heterocycles. The Hall–Kier alpha value is -3.23. The minimum atomic E-state index is -1.13. The highest BCUT2D eigenvalue weighted by Crippen LogP contribution is 2.14. The number of unbranched alkanes of at least 4 members (excludes halogenated alkanes) is 19. The van der Waals surface area contributed by atoms with Gasteiger partial charge in [0.2, 0.25) is 0 Å². The van der Waals surface area contributed by atoms with E-state index in [4.69, 9.17) is 14.2 Å². The minimum absolute atomic E-state index is 0.0279. The number of ether oxygens (including phenoxy) is 3. The van der Waals surface area contributed by atoms with Gasteiger partial charge in [0, 0.05) is 19.3 Å². The van der Waals surface area contributed by atoms with Crippen LogP contribution in [0.3, 0.4) is 0 Å². The molecule has 0 spiro atoms. The molecule has 63 heavy (non-hydrogen) atoms. The number of allylic oxidation sites excluding steroid dienone is 12. The maximum absolute atomic E-state index is 12.8. The molecule has 0 bridgehead atoms. The first kappa shape index (κ1) is 59.8. The standard InChI is InChI=1S/C55H95NO7/c1-6-8-10-12-14-16-18-20-22-24-26-28-29-31-33-35-37-39-41-43-45-53(57)62-50-51(49-61-48-47-52(55(59)60)56(3,4)5)63-54(58)46-44-42-40-38-36-34-32-30-27-25-23-21-19-17-15-13-11-9-7-2/h8,10,14,16,20,22,25-28,31,33,51-52H,6-7,9,11-13,15,17-19,21,23-24,29-30,32,34-50H2,1-5H3/b10-8+,16-14+,22-20+,27-25+,28-26+,33-31+. The number of carboxylic acid groups (broad SMARTS) is 1. The third kappa shape index (κ3) is 43.8. The van der Waals surface area contributed by atoms with E-state index in [1.54, 1.807) is 21.1 Å². The van der Waals surface area contributed by atoms with Crippen molar-refractivity contribution in [3.8, 4) is 0 Å². The fourth-order valence-corrected chi connectivity index (χ4v) is 7.15. The van der Waals surface area contributed by atoms with Gasteiger partial charge in [-0.15, -0.1) is 0 Å². The van der Waals surface area contributed by atoms with Crippen molar-refractivity contribution in [3.05, 3.63) is 72.9 Å². The molecule has 0 aliphatic carbocycles. The van der Waals surface area contributed by atoms with E-state index in [9.17, 15) is 19.5 Å². The van der Waals surface area contributed by atoms with Gasteiger partial charge in [-0.05, 0) is 83.5 Å². The minimum Gasteiger partial charge on any atom is -0.544 e. The van der Waals surface area contributed by atoms with Gasteiger partial charge < -0.3 is 28.6 Å². The molecule has 8 nitrogen and oxygen atoms in total. The lowest BCUT2D eigenvalue weighted by Gasteiger charge is -2.34. The molecule has 0 aliphatic rings. The Morgan fingerprint density at radius 2 is 0.889 bits per heavy atom. The molecule has 0 rings (SSSR count). The van der Waals surface area contributed by atoms with Gasteiger partial charge in [-0.25, -0.2) is 0 Å². The van der Waals surface area contributed by atoms with Crippen LogP contribution >= 0.6 is 0 Å². The summed E-state index contributed by atoms with van der Waals surface area (Å²) in [5, 5.41) is 11.7. The first-order valence-electron chi connectivity index (χ1n) is 25.5. The van der Waals surface area contributed by atoms with Crippen LogP contribution in [-0.4, -0.2) is 75.5 Å². The van der Waals surface area contributed by atoms with Gasteiger partial charge in [0.25, 0.3) is 0 Å². The maximum Gasteiger partial charge on any atom is 0.306 e. The molecule has 0 amide bonds. The van der Waals surface area contributed by atoms with Crippen molar-refractivity contribution in [3.63, 3.8) is 0 Å². The van der Waals surface area contributed by atoms with E-state index in [-0.39, 0.29) is 42.7 Å². The average molecular weight is 882 g/mol. The largest absolute Gasteiger partial charge is 0.544 e. The van der Waals surface area contributed by atoms with Gasteiger partial charge in [-0.3, -0.25) is 9.59 Å². The number of esters is 2. The van der Waals surface area contributed by atoms with Crippen molar-refractivity contribution in [1.29, 1.82) is 0 Å².